The van der Waals surface area contributed by atoms with E-state index < -0.39 is 0 Å². The van der Waals surface area contributed by atoms with Crippen molar-refractivity contribution in [1.29, 1.82) is 0 Å². The highest BCUT2D eigenvalue weighted by Gasteiger charge is 2.14. The van der Waals surface area contributed by atoms with E-state index in [-0.39, 0.29) is 0 Å². The second-order valence-corrected chi connectivity index (χ2v) is 11.3. The summed E-state index contributed by atoms with van der Waals surface area (Å²) in [5, 5.41) is 8.26. The van der Waals surface area contributed by atoms with Crippen molar-refractivity contribution in [2.45, 2.75) is 0 Å². The Hall–Kier alpha value is -5.93. The standard InChI is InChI=1S/C41H25N3/c1-2-14-33-26(8-1)19-21-35-38(33)34-15-3-4-16-37(34)44-39(35)32-12-6-10-30(25-32)29-9-5-11-31(24-29)36-22-20-28-18-17-27-13-7-23-42-40(27)41(28)43-36/h1-25H. The molecule has 44 heavy (non-hydrogen) atoms. The van der Waals surface area contributed by atoms with E-state index in [0.717, 1.165) is 66.4 Å². The van der Waals surface area contributed by atoms with Crippen molar-refractivity contribution < 1.29 is 0 Å². The van der Waals surface area contributed by atoms with Crippen LogP contribution in [0.2, 0.25) is 0 Å². The van der Waals surface area contributed by atoms with Crippen LogP contribution in [0.15, 0.2) is 152 Å². The first-order chi connectivity index (χ1) is 21.8. The predicted molar refractivity (Wildman–Crippen MR) is 184 cm³/mol. The van der Waals surface area contributed by atoms with Crippen LogP contribution in [-0.4, -0.2) is 15.0 Å². The van der Waals surface area contributed by atoms with Gasteiger partial charge in [0.15, 0.2) is 0 Å². The summed E-state index contributed by atoms with van der Waals surface area (Å²) < 4.78 is 0. The third-order valence-electron chi connectivity index (χ3n) is 8.65. The number of hydrogen-bond donors (Lipinski definition) is 0. The maximum Gasteiger partial charge on any atom is 0.0972 e. The fourth-order valence-corrected chi connectivity index (χ4v) is 6.53. The highest BCUT2D eigenvalue weighted by Crippen LogP contribution is 2.38. The minimum absolute atomic E-state index is 0.926. The number of benzene rings is 6. The van der Waals surface area contributed by atoms with E-state index in [1.54, 1.807) is 0 Å². The van der Waals surface area contributed by atoms with Crippen molar-refractivity contribution >= 4 is 54.3 Å². The van der Waals surface area contributed by atoms with E-state index in [2.05, 4.69) is 145 Å². The first kappa shape index (κ1) is 24.6. The summed E-state index contributed by atoms with van der Waals surface area (Å²) in [7, 11) is 0. The number of fused-ring (bicyclic) bond motifs is 8. The molecular weight excluding hydrogens is 534 g/mol. The van der Waals surface area contributed by atoms with Crippen molar-refractivity contribution in [2.75, 3.05) is 0 Å². The predicted octanol–water partition coefficient (Wildman–Crippen LogP) is 10.6. The maximum atomic E-state index is 5.22. The molecule has 9 rings (SSSR count). The highest BCUT2D eigenvalue weighted by atomic mass is 14.8. The second kappa shape index (κ2) is 9.82. The molecule has 3 aromatic heterocycles. The lowest BCUT2D eigenvalue weighted by Gasteiger charge is -2.14. The van der Waals surface area contributed by atoms with Gasteiger partial charge in [0.05, 0.1) is 27.9 Å². The van der Waals surface area contributed by atoms with Crippen molar-refractivity contribution in [3.05, 3.63) is 152 Å². The van der Waals surface area contributed by atoms with Crippen LogP contribution < -0.4 is 0 Å². The fraction of sp³-hybridized carbons (Fsp3) is 0. The summed E-state index contributed by atoms with van der Waals surface area (Å²) in [4.78, 5) is 14.9. The van der Waals surface area contributed by atoms with Crippen molar-refractivity contribution in [1.82, 2.24) is 15.0 Å². The molecule has 3 nitrogen and oxygen atoms in total. The van der Waals surface area contributed by atoms with Gasteiger partial charge < -0.3 is 0 Å². The zero-order valence-electron chi connectivity index (χ0n) is 23.8. The fourth-order valence-electron chi connectivity index (χ4n) is 6.53. The summed E-state index contributed by atoms with van der Waals surface area (Å²) >= 11 is 0. The first-order valence-corrected chi connectivity index (χ1v) is 14.9. The molecule has 6 aromatic carbocycles. The molecule has 0 fully saturated rings. The van der Waals surface area contributed by atoms with Crippen LogP contribution in [0, 0.1) is 0 Å². The van der Waals surface area contributed by atoms with Crippen LogP contribution in [0.1, 0.15) is 0 Å². The summed E-state index contributed by atoms with van der Waals surface area (Å²) in [5.41, 5.74) is 9.24. The van der Waals surface area contributed by atoms with Gasteiger partial charge >= 0.3 is 0 Å². The molecule has 3 heterocycles. The van der Waals surface area contributed by atoms with Gasteiger partial charge in [0, 0.05) is 44.3 Å². The molecule has 0 saturated heterocycles. The molecule has 0 spiro atoms. The molecule has 0 aliphatic rings. The minimum Gasteiger partial charge on any atom is -0.254 e. The lowest BCUT2D eigenvalue weighted by atomic mass is 9.94. The Labute approximate surface area is 254 Å². The van der Waals surface area contributed by atoms with Crippen molar-refractivity contribution in [3.8, 4) is 33.6 Å². The van der Waals surface area contributed by atoms with Gasteiger partial charge in [-0.2, -0.15) is 0 Å². The zero-order valence-corrected chi connectivity index (χ0v) is 23.8. The van der Waals surface area contributed by atoms with Crippen LogP contribution in [0.3, 0.4) is 0 Å². The molecule has 0 unspecified atom stereocenters. The van der Waals surface area contributed by atoms with Crippen LogP contribution >= 0.6 is 0 Å². The van der Waals surface area contributed by atoms with E-state index in [9.17, 15) is 0 Å². The molecule has 0 atom stereocenters. The van der Waals surface area contributed by atoms with Gasteiger partial charge in [-0.25, -0.2) is 9.97 Å². The summed E-state index contributed by atoms with van der Waals surface area (Å²) in [6.45, 7) is 0. The van der Waals surface area contributed by atoms with Crippen LogP contribution in [0.5, 0.6) is 0 Å². The highest BCUT2D eigenvalue weighted by molar-refractivity contribution is 6.22. The second-order valence-electron chi connectivity index (χ2n) is 11.3. The van der Waals surface area contributed by atoms with E-state index in [4.69, 9.17) is 9.97 Å². The molecule has 0 radical (unpaired) electrons. The number of hydrogen-bond acceptors (Lipinski definition) is 3. The molecule has 0 amide bonds. The number of aromatic nitrogens is 3. The van der Waals surface area contributed by atoms with E-state index in [1.807, 2.05) is 12.3 Å². The van der Waals surface area contributed by atoms with Gasteiger partial charge in [-0.15, -0.1) is 0 Å². The lowest BCUT2D eigenvalue weighted by Crippen LogP contribution is -1.92. The van der Waals surface area contributed by atoms with Crippen molar-refractivity contribution in [3.63, 3.8) is 0 Å². The van der Waals surface area contributed by atoms with Gasteiger partial charge in [0.2, 0.25) is 0 Å². The quantitative estimate of drug-likeness (QED) is 0.202. The summed E-state index contributed by atoms with van der Waals surface area (Å²) in [5.74, 6) is 0. The van der Waals surface area contributed by atoms with E-state index in [1.165, 1.54) is 21.5 Å². The minimum atomic E-state index is 0.926. The monoisotopic (exact) mass is 559 g/mol. The first-order valence-electron chi connectivity index (χ1n) is 14.9. The van der Waals surface area contributed by atoms with Gasteiger partial charge in [-0.3, -0.25) is 4.98 Å². The molecule has 0 saturated carbocycles. The molecule has 204 valence electrons. The number of pyridine rings is 3. The smallest absolute Gasteiger partial charge is 0.0972 e. The number of para-hydroxylation sites is 1. The topological polar surface area (TPSA) is 38.7 Å². The van der Waals surface area contributed by atoms with Crippen molar-refractivity contribution in [2.24, 2.45) is 0 Å². The molecular formula is C41H25N3. The van der Waals surface area contributed by atoms with Gasteiger partial charge in [-0.1, -0.05) is 115 Å². The van der Waals surface area contributed by atoms with Crippen LogP contribution in [0.4, 0.5) is 0 Å². The maximum absolute atomic E-state index is 5.22. The van der Waals surface area contributed by atoms with Gasteiger partial charge in [-0.05, 0) is 52.2 Å². The molecule has 0 aliphatic heterocycles. The molecule has 0 N–H and O–H groups in total. The Morgan fingerprint density at radius 1 is 0.386 bits per heavy atom. The number of nitrogens with zero attached hydrogens (tertiary/aromatic N) is 3. The average molecular weight is 560 g/mol. The summed E-state index contributed by atoms with van der Waals surface area (Å²) in [6.07, 6.45) is 1.83. The van der Waals surface area contributed by atoms with E-state index in [0.29, 0.717) is 0 Å². The zero-order chi connectivity index (χ0) is 29.0. The SMILES string of the molecule is c1cc(-c2cccc(-c3nc4ccccc4c4c3ccc3ccccc34)c2)cc(-c2ccc3ccc4cccnc4c3n2)c1. The third-order valence-corrected chi connectivity index (χ3v) is 8.65. The molecule has 0 bridgehead atoms. The van der Waals surface area contributed by atoms with Crippen LogP contribution in [0.25, 0.3) is 87.9 Å². The lowest BCUT2D eigenvalue weighted by molar-refractivity contribution is 1.37. The van der Waals surface area contributed by atoms with E-state index >= 15 is 0 Å². The molecule has 0 aliphatic carbocycles. The Morgan fingerprint density at radius 3 is 1.93 bits per heavy atom. The normalized spacial score (nSPS) is 11.6. The van der Waals surface area contributed by atoms with Crippen LogP contribution in [-0.2, 0) is 0 Å². The summed E-state index contributed by atoms with van der Waals surface area (Å²) in [6, 6.07) is 51.4. The Morgan fingerprint density at radius 2 is 1.05 bits per heavy atom. The largest absolute Gasteiger partial charge is 0.254 e. The van der Waals surface area contributed by atoms with Gasteiger partial charge in [0.25, 0.3) is 0 Å². The number of rotatable bonds is 3. The average Bonchev–Trinajstić information content (AvgIpc) is 3.11. The third kappa shape index (κ3) is 3.94. The molecule has 3 heteroatoms. The molecule has 9 aromatic rings. The Bertz CT molecular complexity index is 2550. The Balaban J connectivity index is 1.19. The Kier molecular flexibility index (Phi) is 5.50. The van der Waals surface area contributed by atoms with Gasteiger partial charge in [0.1, 0.15) is 0 Å².